The summed E-state index contributed by atoms with van der Waals surface area (Å²) in [4.78, 5) is 24.1. The number of halogens is 2. The third-order valence-electron chi connectivity index (χ3n) is 3.06. The molecule has 0 fully saturated rings. The van der Waals surface area contributed by atoms with Crippen molar-refractivity contribution >= 4 is 23.5 Å². The summed E-state index contributed by atoms with van der Waals surface area (Å²) in [6.07, 6.45) is -0.156. The standard InChI is InChI=1S/C15H16ClFO4/c1-3-21-14(20)15(13(18)19,8-10(2)9-16)11-4-6-12(17)7-5-11/h4-7,9H,3,8H2,1-2H3,(H,18,19)/b10-9+. The molecule has 21 heavy (non-hydrogen) atoms. The molecule has 1 unspecified atom stereocenters. The Kier molecular flexibility index (Phi) is 5.90. The highest BCUT2D eigenvalue weighted by molar-refractivity contribution is 6.25. The summed E-state index contributed by atoms with van der Waals surface area (Å²) in [5.74, 6) is -2.79. The molecule has 6 heteroatoms. The van der Waals surface area contributed by atoms with E-state index in [1.807, 2.05) is 0 Å². The molecule has 1 rings (SSSR count). The number of ether oxygens (including phenoxy) is 1. The van der Waals surface area contributed by atoms with Crippen LogP contribution in [0, 0.1) is 5.82 Å². The van der Waals surface area contributed by atoms with E-state index < -0.39 is 23.2 Å². The molecule has 1 atom stereocenters. The second-order valence-electron chi connectivity index (χ2n) is 4.57. The summed E-state index contributed by atoms with van der Waals surface area (Å²) in [7, 11) is 0. The van der Waals surface area contributed by atoms with Gasteiger partial charge in [0.05, 0.1) is 6.61 Å². The first-order valence-corrected chi connectivity index (χ1v) is 6.74. The summed E-state index contributed by atoms with van der Waals surface area (Å²) in [6, 6.07) is 4.74. The monoisotopic (exact) mass is 314 g/mol. The van der Waals surface area contributed by atoms with Crippen LogP contribution in [0.4, 0.5) is 4.39 Å². The van der Waals surface area contributed by atoms with E-state index in [0.29, 0.717) is 5.57 Å². The molecule has 0 aromatic heterocycles. The molecule has 114 valence electrons. The number of rotatable bonds is 6. The van der Waals surface area contributed by atoms with E-state index in [1.54, 1.807) is 13.8 Å². The topological polar surface area (TPSA) is 63.6 Å². The van der Waals surface area contributed by atoms with E-state index >= 15 is 0 Å². The molecule has 0 radical (unpaired) electrons. The average molecular weight is 315 g/mol. The Morgan fingerprint density at radius 1 is 1.38 bits per heavy atom. The lowest BCUT2D eigenvalue weighted by atomic mass is 9.75. The third kappa shape index (κ3) is 3.61. The zero-order valence-corrected chi connectivity index (χ0v) is 12.5. The molecule has 0 aliphatic heterocycles. The Bertz CT molecular complexity index is 553. The van der Waals surface area contributed by atoms with Gasteiger partial charge in [0, 0.05) is 12.0 Å². The highest BCUT2D eigenvalue weighted by Gasteiger charge is 2.49. The maximum Gasteiger partial charge on any atom is 0.328 e. The molecule has 0 aliphatic carbocycles. The van der Waals surface area contributed by atoms with Crippen LogP contribution in [0.5, 0.6) is 0 Å². The van der Waals surface area contributed by atoms with Gasteiger partial charge in [-0.2, -0.15) is 0 Å². The van der Waals surface area contributed by atoms with Gasteiger partial charge in [-0.3, -0.25) is 9.59 Å². The fourth-order valence-corrected chi connectivity index (χ4v) is 2.10. The van der Waals surface area contributed by atoms with Gasteiger partial charge < -0.3 is 9.84 Å². The van der Waals surface area contributed by atoms with Crippen molar-refractivity contribution in [2.45, 2.75) is 25.7 Å². The lowest BCUT2D eigenvalue weighted by Crippen LogP contribution is -2.45. The molecule has 1 aromatic rings. The molecule has 1 aromatic carbocycles. The largest absolute Gasteiger partial charge is 0.480 e. The first kappa shape index (κ1) is 17.2. The summed E-state index contributed by atoms with van der Waals surface area (Å²) >= 11 is 5.59. The van der Waals surface area contributed by atoms with E-state index in [9.17, 15) is 19.1 Å². The predicted octanol–water partition coefficient (Wildman–Crippen LogP) is 3.24. The molecule has 0 saturated carbocycles. The SMILES string of the molecule is CCOC(=O)C(C/C(C)=C/Cl)(C(=O)O)c1ccc(F)cc1. The number of hydrogen-bond donors (Lipinski definition) is 1. The normalized spacial score (nSPS) is 14.4. The summed E-state index contributed by atoms with van der Waals surface area (Å²) in [6.45, 7) is 3.23. The van der Waals surface area contributed by atoms with Crippen molar-refractivity contribution in [1.29, 1.82) is 0 Å². The minimum Gasteiger partial charge on any atom is -0.480 e. The molecular weight excluding hydrogens is 299 g/mol. The van der Waals surface area contributed by atoms with Crippen molar-refractivity contribution in [2.75, 3.05) is 6.61 Å². The molecule has 0 saturated heterocycles. The van der Waals surface area contributed by atoms with Gasteiger partial charge in [-0.1, -0.05) is 29.3 Å². The van der Waals surface area contributed by atoms with Crippen LogP contribution in [0.2, 0.25) is 0 Å². The zero-order chi connectivity index (χ0) is 16.0. The average Bonchev–Trinajstić information content (AvgIpc) is 2.45. The Morgan fingerprint density at radius 2 is 1.95 bits per heavy atom. The first-order chi connectivity index (χ1) is 9.88. The second kappa shape index (κ2) is 7.22. The lowest BCUT2D eigenvalue weighted by Gasteiger charge is -2.28. The summed E-state index contributed by atoms with van der Waals surface area (Å²) < 4.78 is 18.0. The Labute approximate surface area is 127 Å². The van der Waals surface area contributed by atoms with E-state index in [-0.39, 0.29) is 18.6 Å². The number of carbonyl (C=O) groups is 2. The van der Waals surface area contributed by atoms with Crippen LogP contribution in [0.25, 0.3) is 0 Å². The van der Waals surface area contributed by atoms with Crippen LogP contribution >= 0.6 is 11.6 Å². The molecular formula is C15H16ClFO4. The minimum absolute atomic E-state index is 0.0404. The number of benzene rings is 1. The van der Waals surface area contributed by atoms with Crippen LogP contribution < -0.4 is 0 Å². The number of aliphatic carboxylic acids is 1. The first-order valence-electron chi connectivity index (χ1n) is 6.31. The summed E-state index contributed by atoms with van der Waals surface area (Å²) in [5, 5.41) is 9.62. The lowest BCUT2D eigenvalue weighted by molar-refractivity contribution is -0.161. The van der Waals surface area contributed by atoms with Crippen molar-refractivity contribution in [3.05, 3.63) is 46.8 Å². The quantitative estimate of drug-likeness (QED) is 0.646. The maximum absolute atomic E-state index is 13.1. The van der Waals surface area contributed by atoms with Gasteiger partial charge >= 0.3 is 11.9 Å². The smallest absolute Gasteiger partial charge is 0.328 e. The highest BCUT2D eigenvalue weighted by atomic mass is 35.5. The number of hydrogen-bond acceptors (Lipinski definition) is 3. The Hall–Kier alpha value is -1.88. The molecule has 0 bridgehead atoms. The van der Waals surface area contributed by atoms with Crippen LogP contribution in [0.15, 0.2) is 35.4 Å². The number of carboxylic acids is 1. The maximum atomic E-state index is 13.1. The number of allylic oxidation sites excluding steroid dienone is 1. The van der Waals surface area contributed by atoms with Crippen LogP contribution in [0.3, 0.4) is 0 Å². The molecule has 1 N–H and O–H groups in total. The van der Waals surface area contributed by atoms with Gasteiger partial charge in [0.1, 0.15) is 5.82 Å². The van der Waals surface area contributed by atoms with Crippen molar-refractivity contribution in [3.8, 4) is 0 Å². The van der Waals surface area contributed by atoms with E-state index in [2.05, 4.69) is 0 Å². The van der Waals surface area contributed by atoms with E-state index in [4.69, 9.17) is 16.3 Å². The Morgan fingerprint density at radius 3 is 2.38 bits per heavy atom. The number of carboxylic acid groups (broad SMARTS) is 1. The van der Waals surface area contributed by atoms with E-state index in [0.717, 1.165) is 12.1 Å². The highest BCUT2D eigenvalue weighted by Crippen LogP contribution is 2.34. The van der Waals surface area contributed by atoms with Gasteiger partial charge in [0.25, 0.3) is 0 Å². The van der Waals surface area contributed by atoms with E-state index in [1.165, 1.54) is 17.7 Å². The molecule has 4 nitrogen and oxygen atoms in total. The molecule has 0 heterocycles. The van der Waals surface area contributed by atoms with Crippen molar-refractivity contribution in [3.63, 3.8) is 0 Å². The van der Waals surface area contributed by atoms with Crippen molar-refractivity contribution < 1.29 is 23.8 Å². The number of esters is 1. The van der Waals surface area contributed by atoms with Gasteiger partial charge in [-0.15, -0.1) is 0 Å². The van der Waals surface area contributed by atoms with Gasteiger partial charge in [0.2, 0.25) is 0 Å². The fraction of sp³-hybridized carbons (Fsp3) is 0.333. The van der Waals surface area contributed by atoms with Gasteiger partial charge in [0.15, 0.2) is 5.41 Å². The number of carbonyl (C=O) groups excluding carboxylic acids is 1. The minimum atomic E-state index is -1.95. The molecule has 0 amide bonds. The second-order valence-corrected chi connectivity index (χ2v) is 4.79. The Balaban J connectivity index is 3.46. The van der Waals surface area contributed by atoms with Crippen molar-refractivity contribution in [2.24, 2.45) is 0 Å². The van der Waals surface area contributed by atoms with Crippen LogP contribution in [-0.2, 0) is 19.7 Å². The van der Waals surface area contributed by atoms with Crippen LogP contribution in [-0.4, -0.2) is 23.7 Å². The zero-order valence-electron chi connectivity index (χ0n) is 11.7. The predicted molar refractivity (Wildman–Crippen MR) is 76.6 cm³/mol. The fourth-order valence-electron chi connectivity index (χ4n) is 2.02. The summed E-state index contributed by atoms with van der Waals surface area (Å²) in [5.41, 5.74) is -0.0937. The van der Waals surface area contributed by atoms with Gasteiger partial charge in [-0.25, -0.2) is 4.39 Å². The van der Waals surface area contributed by atoms with Gasteiger partial charge in [-0.05, 0) is 31.5 Å². The molecule has 0 aliphatic rings. The van der Waals surface area contributed by atoms with Crippen LogP contribution in [0.1, 0.15) is 25.8 Å². The third-order valence-corrected chi connectivity index (χ3v) is 3.43. The van der Waals surface area contributed by atoms with Crippen molar-refractivity contribution in [1.82, 2.24) is 0 Å². The molecule has 0 spiro atoms.